The molecule has 2 rings (SSSR count). The molecule has 0 aliphatic heterocycles. The Morgan fingerprint density at radius 3 is 2.55 bits per heavy atom. The Morgan fingerprint density at radius 2 is 1.89 bits per heavy atom. The van der Waals surface area contributed by atoms with Gasteiger partial charge in [-0.1, -0.05) is 11.8 Å². The van der Waals surface area contributed by atoms with Crippen LogP contribution in [-0.4, -0.2) is 60.9 Å². The normalized spacial score (nSPS) is 11.5. The third-order valence-corrected chi connectivity index (χ3v) is 5.05. The maximum atomic E-state index is 13.1. The zero-order valence-corrected chi connectivity index (χ0v) is 22.6. The number of anilines is 3. The number of carbonyl (C=O) groups excluding carboxylic acids is 2. The first kappa shape index (κ1) is 30.3. The lowest BCUT2D eigenvalue weighted by atomic mass is 10.2. The molecule has 1 atom stereocenters. The molecule has 1 heterocycles. The van der Waals surface area contributed by atoms with Crippen LogP contribution in [0.25, 0.3) is 0 Å². The molecule has 0 unspecified atom stereocenters. The molecular formula is C27H37FN6O4. The van der Waals surface area contributed by atoms with Crippen LogP contribution in [0.4, 0.5) is 26.6 Å². The van der Waals surface area contributed by atoms with Crippen LogP contribution in [0.5, 0.6) is 0 Å². The van der Waals surface area contributed by atoms with Crippen LogP contribution in [0, 0.1) is 17.7 Å². The summed E-state index contributed by atoms with van der Waals surface area (Å²) in [4.78, 5) is 32.6. The van der Waals surface area contributed by atoms with Crippen LogP contribution in [0.1, 0.15) is 52.0 Å². The second-order valence-corrected chi connectivity index (χ2v) is 9.37. The molecule has 0 saturated carbocycles. The second kappa shape index (κ2) is 15.4. The summed E-state index contributed by atoms with van der Waals surface area (Å²) in [6, 6.07) is 5.91. The molecule has 38 heavy (non-hydrogen) atoms. The Kier molecular flexibility index (Phi) is 12.3. The average Bonchev–Trinajstić information content (AvgIpc) is 2.87. The van der Waals surface area contributed by atoms with Gasteiger partial charge in [0.25, 0.3) is 0 Å². The Hall–Kier alpha value is -3.91. The highest BCUT2D eigenvalue weighted by molar-refractivity contribution is 5.75. The van der Waals surface area contributed by atoms with E-state index in [0.717, 1.165) is 0 Å². The predicted octanol–water partition coefficient (Wildman–Crippen LogP) is 3.97. The van der Waals surface area contributed by atoms with Gasteiger partial charge in [0.1, 0.15) is 17.2 Å². The number of unbranched alkanes of at least 4 members (excludes halogenated alkanes) is 1. The highest BCUT2D eigenvalue weighted by Crippen LogP contribution is 2.17. The molecule has 0 aliphatic rings. The van der Waals surface area contributed by atoms with Gasteiger partial charge in [-0.3, -0.25) is 4.79 Å². The Labute approximate surface area is 223 Å². The molecular weight excluding hydrogens is 491 g/mol. The van der Waals surface area contributed by atoms with E-state index in [9.17, 15) is 14.0 Å². The Balaban J connectivity index is 1.70. The fourth-order valence-electron chi connectivity index (χ4n) is 3.14. The number of benzene rings is 1. The first-order valence-electron chi connectivity index (χ1n) is 12.4. The lowest BCUT2D eigenvalue weighted by molar-refractivity contribution is -0.121. The van der Waals surface area contributed by atoms with Crippen LogP contribution >= 0.6 is 0 Å². The number of amides is 2. The van der Waals surface area contributed by atoms with Crippen LogP contribution in [0.15, 0.2) is 30.5 Å². The van der Waals surface area contributed by atoms with Gasteiger partial charge in [0.2, 0.25) is 11.9 Å². The van der Waals surface area contributed by atoms with Gasteiger partial charge < -0.3 is 30.7 Å². The summed E-state index contributed by atoms with van der Waals surface area (Å²) in [7, 11) is 3.28. The molecule has 206 valence electrons. The summed E-state index contributed by atoms with van der Waals surface area (Å²) in [5.41, 5.74) is 0.741. The number of hydrogen-bond acceptors (Lipinski definition) is 8. The molecule has 0 aliphatic carbocycles. The maximum absolute atomic E-state index is 13.1. The minimum Gasteiger partial charge on any atom is -0.444 e. The lowest BCUT2D eigenvalue weighted by Gasteiger charge is -2.21. The van der Waals surface area contributed by atoms with Gasteiger partial charge in [-0.15, -0.1) is 0 Å². The van der Waals surface area contributed by atoms with Crippen molar-refractivity contribution in [1.82, 2.24) is 20.6 Å². The number of carbonyl (C=O) groups is 2. The van der Waals surface area contributed by atoms with Gasteiger partial charge in [0.15, 0.2) is 0 Å². The standard InChI is InChI=1S/C27H37FN6O4/c1-27(2,3)38-26(36)32-18-22(37-5)14-15-23(35)30-16-8-6-7-9-19-17-31-25(34-24(19)29-4)33-21-12-10-20(28)11-13-21/h10-13,17,22H,6,8,14-16,18H2,1-5H3,(H,30,35)(H,32,36)(H2,29,31,33,34)/t22-/m1/s1. The van der Waals surface area contributed by atoms with Crippen molar-refractivity contribution in [2.45, 2.75) is 58.2 Å². The Bertz CT molecular complexity index is 1110. The van der Waals surface area contributed by atoms with Crippen molar-refractivity contribution in [2.24, 2.45) is 0 Å². The number of aromatic nitrogens is 2. The van der Waals surface area contributed by atoms with E-state index in [2.05, 4.69) is 43.1 Å². The summed E-state index contributed by atoms with van der Waals surface area (Å²) in [5.74, 6) is 6.65. The van der Waals surface area contributed by atoms with Gasteiger partial charge >= 0.3 is 6.09 Å². The van der Waals surface area contributed by atoms with E-state index in [-0.39, 0.29) is 30.8 Å². The van der Waals surface area contributed by atoms with Crippen molar-refractivity contribution in [1.29, 1.82) is 0 Å². The first-order valence-corrected chi connectivity index (χ1v) is 12.4. The van der Waals surface area contributed by atoms with Crippen LogP contribution in [0.3, 0.4) is 0 Å². The first-order chi connectivity index (χ1) is 18.1. The smallest absolute Gasteiger partial charge is 0.407 e. The molecule has 0 radical (unpaired) electrons. The van der Waals surface area contributed by atoms with Crippen LogP contribution in [-0.2, 0) is 14.3 Å². The van der Waals surface area contributed by atoms with E-state index < -0.39 is 11.7 Å². The van der Waals surface area contributed by atoms with Gasteiger partial charge in [0.05, 0.1) is 17.9 Å². The van der Waals surface area contributed by atoms with E-state index in [1.165, 1.54) is 19.2 Å². The molecule has 2 aromatic rings. The highest BCUT2D eigenvalue weighted by Gasteiger charge is 2.18. The molecule has 11 heteroatoms. The van der Waals surface area contributed by atoms with Crippen LogP contribution in [0.2, 0.25) is 0 Å². The van der Waals surface area contributed by atoms with Crippen molar-refractivity contribution in [2.75, 3.05) is 37.9 Å². The number of methoxy groups -OCH3 is 1. The molecule has 2 amide bonds. The van der Waals surface area contributed by atoms with Crippen molar-refractivity contribution in [3.63, 3.8) is 0 Å². The molecule has 1 aromatic carbocycles. The number of hydrogen-bond donors (Lipinski definition) is 4. The quantitative estimate of drug-likeness (QED) is 0.241. The maximum Gasteiger partial charge on any atom is 0.407 e. The number of ether oxygens (including phenoxy) is 2. The van der Waals surface area contributed by atoms with Crippen molar-refractivity contribution in [3.8, 4) is 11.8 Å². The van der Waals surface area contributed by atoms with E-state index in [4.69, 9.17) is 9.47 Å². The second-order valence-electron chi connectivity index (χ2n) is 9.37. The topological polar surface area (TPSA) is 126 Å². The summed E-state index contributed by atoms with van der Waals surface area (Å²) in [5, 5.41) is 11.5. The largest absolute Gasteiger partial charge is 0.444 e. The van der Waals surface area contributed by atoms with E-state index in [1.54, 1.807) is 46.1 Å². The predicted molar refractivity (Wildman–Crippen MR) is 145 cm³/mol. The van der Waals surface area contributed by atoms with Crippen molar-refractivity contribution < 1.29 is 23.5 Å². The van der Waals surface area contributed by atoms with Crippen molar-refractivity contribution in [3.05, 3.63) is 41.8 Å². The van der Waals surface area contributed by atoms with Crippen LogP contribution < -0.4 is 21.3 Å². The van der Waals surface area contributed by atoms with E-state index in [1.807, 2.05) is 0 Å². The van der Waals surface area contributed by atoms with Gasteiger partial charge in [0, 0.05) is 45.8 Å². The van der Waals surface area contributed by atoms with Gasteiger partial charge in [-0.2, -0.15) is 4.98 Å². The van der Waals surface area contributed by atoms with Gasteiger partial charge in [-0.25, -0.2) is 14.2 Å². The highest BCUT2D eigenvalue weighted by atomic mass is 19.1. The molecule has 10 nitrogen and oxygen atoms in total. The molecule has 0 bridgehead atoms. The molecule has 0 fully saturated rings. The minimum atomic E-state index is -0.575. The minimum absolute atomic E-state index is 0.0904. The fraction of sp³-hybridized carbons (Fsp3) is 0.481. The zero-order chi connectivity index (χ0) is 28.0. The number of alkyl carbamates (subject to hydrolysis) is 1. The summed E-state index contributed by atoms with van der Waals surface area (Å²) in [6.45, 7) is 6.13. The summed E-state index contributed by atoms with van der Waals surface area (Å²) >= 11 is 0. The van der Waals surface area contributed by atoms with E-state index >= 15 is 0 Å². The number of halogens is 1. The summed E-state index contributed by atoms with van der Waals surface area (Å²) < 4.78 is 23.6. The third kappa shape index (κ3) is 11.9. The molecule has 1 aromatic heterocycles. The van der Waals surface area contributed by atoms with E-state index in [0.29, 0.717) is 48.8 Å². The fourth-order valence-corrected chi connectivity index (χ4v) is 3.14. The number of nitrogens with one attached hydrogen (secondary N) is 4. The third-order valence-electron chi connectivity index (χ3n) is 5.05. The summed E-state index contributed by atoms with van der Waals surface area (Å²) in [6.07, 6.45) is 2.82. The SMILES string of the molecule is CNc1nc(Nc2ccc(F)cc2)ncc1C#CCCCNC(=O)CC[C@H](CNC(=O)OC(C)(C)C)OC. The number of rotatable bonds is 12. The average molecular weight is 529 g/mol. The zero-order valence-electron chi connectivity index (χ0n) is 22.6. The van der Waals surface area contributed by atoms with Gasteiger partial charge in [-0.05, 0) is 57.9 Å². The lowest BCUT2D eigenvalue weighted by Crippen LogP contribution is -2.38. The molecule has 0 spiro atoms. The number of nitrogens with zero attached hydrogens (tertiary/aromatic N) is 2. The van der Waals surface area contributed by atoms with Crippen molar-refractivity contribution >= 4 is 29.5 Å². The Morgan fingerprint density at radius 1 is 1.16 bits per heavy atom. The molecule has 4 N–H and O–H groups in total. The molecule has 0 saturated heterocycles. The monoisotopic (exact) mass is 528 g/mol.